The van der Waals surface area contributed by atoms with Crippen molar-refractivity contribution < 1.29 is 0 Å². The molecule has 0 fully saturated rings. The van der Waals surface area contributed by atoms with Crippen LogP contribution >= 0.6 is 11.3 Å². The first kappa shape index (κ1) is 29.5. The molecule has 8 aromatic rings. The lowest BCUT2D eigenvalue weighted by Gasteiger charge is -2.35. The Morgan fingerprint density at radius 2 is 0.940 bits per heavy atom. The minimum Gasteiger partial charge on any atom is -0.310 e. The second-order valence-corrected chi connectivity index (χ2v) is 16.0. The maximum Gasteiger partial charge on any atom is 0.0508 e. The van der Waals surface area contributed by atoms with Crippen molar-refractivity contribution in [3.63, 3.8) is 0 Å². The molecule has 10 rings (SSSR count). The summed E-state index contributed by atoms with van der Waals surface area (Å²) in [6, 6.07) is 56.6. The Hall–Kier alpha value is -5.44. The molecule has 0 saturated carbocycles. The molecule has 0 aliphatic heterocycles. The van der Waals surface area contributed by atoms with Crippen LogP contribution in [-0.4, -0.2) is 0 Å². The van der Waals surface area contributed by atoms with Crippen LogP contribution in [-0.2, 0) is 10.8 Å². The van der Waals surface area contributed by atoms with Gasteiger partial charge in [-0.1, -0.05) is 149 Å². The molecular weight excluding hydrogens is 623 g/mol. The van der Waals surface area contributed by atoms with Gasteiger partial charge in [-0.25, -0.2) is 0 Å². The molecule has 1 heterocycles. The SMILES string of the molecule is CC1(C)c2ccccc2-c2cccc(N(c3cccc(-c4cccc5c4sc4ccccc45)c3)c3cccc4c3C(C)(C)c3ccccc3-4)c21. The van der Waals surface area contributed by atoms with Crippen LogP contribution in [0.15, 0.2) is 152 Å². The lowest BCUT2D eigenvalue weighted by Crippen LogP contribution is -2.24. The van der Waals surface area contributed by atoms with Gasteiger partial charge in [0.05, 0.1) is 11.4 Å². The van der Waals surface area contributed by atoms with Gasteiger partial charge in [0.25, 0.3) is 0 Å². The normalized spacial score (nSPS) is 14.7. The van der Waals surface area contributed by atoms with Crippen molar-refractivity contribution in [3.8, 4) is 33.4 Å². The third-order valence-electron chi connectivity index (χ3n) is 11.4. The Bertz CT molecular complexity index is 2560. The van der Waals surface area contributed by atoms with Crippen molar-refractivity contribution in [2.75, 3.05) is 4.90 Å². The number of fused-ring (bicyclic) bond motifs is 9. The van der Waals surface area contributed by atoms with E-state index < -0.39 is 0 Å². The average molecular weight is 660 g/mol. The molecule has 0 radical (unpaired) electrons. The smallest absolute Gasteiger partial charge is 0.0508 e. The third kappa shape index (κ3) is 4.00. The predicted molar refractivity (Wildman–Crippen MR) is 215 cm³/mol. The first-order valence-electron chi connectivity index (χ1n) is 17.6. The zero-order chi connectivity index (χ0) is 33.8. The van der Waals surface area contributed by atoms with E-state index in [1.165, 1.54) is 92.9 Å². The largest absolute Gasteiger partial charge is 0.310 e. The first-order chi connectivity index (χ1) is 24.3. The van der Waals surface area contributed by atoms with Crippen LogP contribution in [0.1, 0.15) is 49.9 Å². The zero-order valence-electron chi connectivity index (χ0n) is 28.8. The molecule has 2 aliphatic carbocycles. The highest BCUT2D eigenvalue weighted by molar-refractivity contribution is 7.26. The maximum atomic E-state index is 2.58. The lowest BCUT2D eigenvalue weighted by atomic mass is 9.80. The number of anilines is 3. The predicted octanol–water partition coefficient (Wildman–Crippen LogP) is 13.8. The fourth-order valence-electron chi connectivity index (χ4n) is 9.21. The topological polar surface area (TPSA) is 3.24 Å². The molecule has 0 unspecified atom stereocenters. The second-order valence-electron chi connectivity index (χ2n) is 14.9. The van der Waals surface area contributed by atoms with Crippen molar-refractivity contribution in [2.24, 2.45) is 0 Å². The molecule has 2 heteroatoms. The van der Waals surface area contributed by atoms with Gasteiger partial charge in [0.15, 0.2) is 0 Å². The molecule has 50 heavy (non-hydrogen) atoms. The summed E-state index contributed by atoms with van der Waals surface area (Å²) in [5.41, 5.74) is 16.7. The summed E-state index contributed by atoms with van der Waals surface area (Å²) >= 11 is 1.89. The standard InChI is InChI=1S/C48H37NS/c1-47(2)39-24-8-5-17-33(39)36-21-13-26-41(44(36)47)49(42-27-14-22-37-34-18-6-9-25-40(34)48(3,4)45(37)42)31-16-11-15-30(29-31)32-20-12-23-38-35-19-7-10-28-43(35)50-46(32)38/h5-29H,1-4H3. The van der Waals surface area contributed by atoms with Crippen molar-refractivity contribution in [1.29, 1.82) is 0 Å². The average Bonchev–Trinajstić information content (AvgIpc) is 3.73. The van der Waals surface area contributed by atoms with Crippen LogP contribution in [0.3, 0.4) is 0 Å². The summed E-state index contributed by atoms with van der Waals surface area (Å²) in [5, 5.41) is 2.65. The summed E-state index contributed by atoms with van der Waals surface area (Å²) in [6.45, 7) is 9.58. The van der Waals surface area contributed by atoms with Crippen LogP contribution in [0.4, 0.5) is 17.1 Å². The molecule has 1 aromatic heterocycles. The molecule has 1 nitrogen and oxygen atoms in total. The summed E-state index contributed by atoms with van der Waals surface area (Å²) < 4.78 is 2.67. The summed E-state index contributed by atoms with van der Waals surface area (Å²) in [4.78, 5) is 2.58. The molecule has 0 spiro atoms. The van der Waals surface area contributed by atoms with E-state index in [4.69, 9.17) is 0 Å². The van der Waals surface area contributed by atoms with Gasteiger partial charge in [-0.05, 0) is 86.0 Å². The molecule has 2 aliphatic rings. The van der Waals surface area contributed by atoms with Crippen LogP contribution in [0.2, 0.25) is 0 Å². The minimum absolute atomic E-state index is 0.169. The Morgan fingerprint density at radius 3 is 1.60 bits per heavy atom. The van der Waals surface area contributed by atoms with Crippen LogP contribution in [0, 0.1) is 0 Å². The Morgan fingerprint density at radius 1 is 0.440 bits per heavy atom. The van der Waals surface area contributed by atoms with Gasteiger partial charge in [0.2, 0.25) is 0 Å². The van der Waals surface area contributed by atoms with E-state index in [0.29, 0.717) is 0 Å². The van der Waals surface area contributed by atoms with Gasteiger partial charge in [0.1, 0.15) is 0 Å². The van der Waals surface area contributed by atoms with Crippen molar-refractivity contribution in [3.05, 3.63) is 174 Å². The fourth-order valence-corrected chi connectivity index (χ4v) is 10.4. The quantitative estimate of drug-likeness (QED) is 0.182. The van der Waals surface area contributed by atoms with E-state index in [9.17, 15) is 0 Å². The highest BCUT2D eigenvalue weighted by atomic mass is 32.1. The molecule has 7 aromatic carbocycles. The highest BCUT2D eigenvalue weighted by Crippen LogP contribution is 2.58. The number of hydrogen-bond donors (Lipinski definition) is 0. The molecule has 0 atom stereocenters. The van der Waals surface area contributed by atoms with Gasteiger partial charge < -0.3 is 4.90 Å². The van der Waals surface area contributed by atoms with Gasteiger partial charge in [0, 0.05) is 36.7 Å². The lowest BCUT2D eigenvalue weighted by molar-refractivity contribution is 0.656. The van der Waals surface area contributed by atoms with Crippen LogP contribution < -0.4 is 4.90 Å². The maximum absolute atomic E-state index is 2.58. The number of rotatable bonds is 4. The number of nitrogens with zero attached hydrogens (tertiary/aromatic N) is 1. The second kappa shape index (κ2) is 10.5. The summed E-state index contributed by atoms with van der Waals surface area (Å²) in [7, 11) is 0. The van der Waals surface area contributed by atoms with E-state index in [0.717, 1.165) is 0 Å². The molecule has 0 saturated heterocycles. The van der Waals surface area contributed by atoms with Gasteiger partial charge in [-0.3, -0.25) is 0 Å². The molecule has 0 N–H and O–H groups in total. The first-order valence-corrected chi connectivity index (χ1v) is 18.4. The van der Waals surface area contributed by atoms with Gasteiger partial charge in [-0.2, -0.15) is 0 Å². The molecule has 240 valence electrons. The minimum atomic E-state index is -0.169. The van der Waals surface area contributed by atoms with E-state index >= 15 is 0 Å². The number of hydrogen-bond acceptors (Lipinski definition) is 2. The fraction of sp³-hybridized carbons (Fsp3) is 0.125. The van der Waals surface area contributed by atoms with Crippen LogP contribution in [0.25, 0.3) is 53.6 Å². The van der Waals surface area contributed by atoms with Crippen molar-refractivity contribution >= 4 is 48.6 Å². The van der Waals surface area contributed by atoms with Gasteiger partial charge in [-0.15, -0.1) is 11.3 Å². The van der Waals surface area contributed by atoms with E-state index in [1.54, 1.807) is 0 Å². The van der Waals surface area contributed by atoms with E-state index in [-0.39, 0.29) is 10.8 Å². The molecule has 0 bridgehead atoms. The zero-order valence-corrected chi connectivity index (χ0v) is 29.6. The van der Waals surface area contributed by atoms with E-state index in [1.807, 2.05) is 11.3 Å². The van der Waals surface area contributed by atoms with Gasteiger partial charge >= 0.3 is 0 Å². The summed E-state index contributed by atoms with van der Waals surface area (Å²) in [6.07, 6.45) is 0. The van der Waals surface area contributed by atoms with E-state index in [2.05, 4.69) is 184 Å². The van der Waals surface area contributed by atoms with Crippen LogP contribution in [0.5, 0.6) is 0 Å². The number of thiophene rings is 1. The van der Waals surface area contributed by atoms with Crippen molar-refractivity contribution in [2.45, 2.75) is 38.5 Å². The Labute approximate surface area is 298 Å². The summed E-state index contributed by atoms with van der Waals surface area (Å²) in [5.74, 6) is 0. The highest BCUT2D eigenvalue weighted by Gasteiger charge is 2.42. The Kier molecular flexibility index (Phi) is 6.21. The third-order valence-corrected chi connectivity index (χ3v) is 12.6. The molecule has 0 amide bonds. The monoisotopic (exact) mass is 659 g/mol. The number of benzene rings is 7. The molecular formula is C48H37NS. The Balaban J connectivity index is 1.25. The van der Waals surface area contributed by atoms with Crippen molar-refractivity contribution in [1.82, 2.24) is 0 Å².